The van der Waals surface area contributed by atoms with Gasteiger partial charge in [0.15, 0.2) is 17.5 Å². The highest BCUT2D eigenvalue weighted by Crippen LogP contribution is 2.39. The maximum absolute atomic E-state index is 14.3. The van der Waals surface area contributed by atoms with Crippen LogP contribution in [0.4, 0.5) is 22.0 Å². The van der Waals surface area contributed by atoms with Crippen molar-refractivity contribution in [2.75, 3.05) is 0 Å². The van der Waals surface area contributed by atoms with Gasteiger partial charge in [0.25, 0.3) is 5.95 Å². The van der Waals surface area contributed by atoms with Crippen LogP contribution in [0.5, 0.6) is 0 Å². The fourth-order valence-electron chi connectivity index (χ4n) is 2.93. The molecule has 0 aromatic heterocycles. The Balaban J connectivity index is 2.06. The lowest BCUT2D eigenvalue weighted by Gasteiger charge is -2.13. The first-order valence-electron chi connectivity index (χ1n) is 7.35. The molecule has 0 N–H and O–H groups in total. The second-order valence-electron chi connectivity index (χ2n) is 5.59. The van der Waals surface area contributed by atoms with Crippen molar-refractivity contribution >= 4 is 10.9 Å². The zero-order valence-corrected chi connectivity index (χ0v) is 12.5. The Morgan fingerprint density at radius 2 is 1.60 bits per heavy atom. The van der Waals surface area contributed by atoms with Crippen molar-refractivity contribution in [2.24, 2.45) is 0 Å². The molecule has 0 atom stereocenters. The monoisotopic (exact) mass is 348 g/mol. The molecule has 0 amide bonds. The summed E-state index contributed by atoms with van der Waals surface area (Å²) in [4.78, 5) is 3.56. The first-order valence-corrected chi connectivity index (χ1v) is 7.35. The molecule has 0 unspecified atom stereocenters. The van der Waals surface area contributed by atoms with Gasteiger partial charge in [0, 0.05) is 6.42 Å². The molecule has 2 aromatic rings. The van der Waals surface area contributed by atoms with E-state index in [9.17, 15) is 22.0 Å². The lowest BCUT2D eigenvalue weighted by Crippen LogP contribution is -2.10. The maximum atomic E-state index is 14.3. The molecule has 0 bridgehead atoms. The molecule has 0 saturated heterocycles. The number of aromatic nitrogens is 2. The minimum absolute atomic E-state index is 0.0762. The van der Waals surface area contributed by atoms with E-state index in [2.05, 4.69) is 4.98 Å². The molecule has 0 spiro atoms. The predicted molar refractivity (Wildman–Crippen MR) is 81.9 cm³/mol. The summed E-state index contributed by atoms with van der Waals surface area (Å²) in [5.74, 6) is -5.98. The molecule has 126 valence electrons. The van der Waals surface area contributed by atoms with Gasteiger partial charge in [-0.25, -0.2) is 18.2 Å². The molecule has 0 radical (unpaired) electrons. The highest BCUT2D eigenvalue weighted by Gasteiger charge is 2.30. The molecule has 0 fully saturated rings. The van der Waals surface area contributed by atoms with E-state index in [1.165, 1.54) is 0 Å². The Morgan fingerprint density at radius 1 is 0.880 bits per heavy atom. The van der Waals surface area contributed by atoms with Gasteiger partial charge in [-0.2, -0.15) is 9.18 Å². The second-order valence-corrected chi connectivity index (χ2v) is 5.59. The first-order chi connectivity index (χ1) is 12.0. The number of benzene rings is 2. The van der Waals surface area contributed by atoms with Crippen molar-refractivity contribution in [3.05, 3.63) is 77.1 Å². The van der Waals surface area contributed by atoms with E-state index in [0.717, 1.165) is 12.1 Å². The van der Waals surface area contributed by atoms with Crippen LogP contribution < -0.4 is 0 Å². The van der Waals surface area contributed by atoms with Gasteiger partial charge >= 0.3 is 0 Å². The van der Waals surface area contributed by atoms with Crippen LogP contribution in [0, 0.1) is 23.4 Å². The van der Waals surface area contributed by atoms with Crippen LogP contribution in [-0.2, 0) is 6.42 Å². The summed E-state index contributed by atoms with van der Waals surface area (Å²) in [7, 11) is 0. The van der Waals surface area contributed by atoms with Crippen molar-refractivity contribution in [3.8, 4) is 11.3 Å². The van der Waals surface area contributed by atoms with Crippen LogP contribution in [0.2, 0.25) is 0 Å². The molecule has 2 aliphatic heterocycles. The average Bonchev–Trinajstić information content (AvgIpc) is 3.01. The predicted octanol–water partition coefficient (Wildman–Crippen LogP) is 5.02. The zero-order valence-electron chi connectivity index (χ0n) is 12.5. The van der Waals surface area contributed by atoms with Crippen LogP contribution in [0.1, 0.15) is 11.3 Å². The van der Waals surface area contributed by atoms with Crippen molar-refractivity contribution in [1.82, 2.24) is 9.77 Å². The topological polar surface area (TPSA) is 17.8 Å². The Labute approximate surface area is 138 Å². The van der Waals surface area contributed by atoms with Gasteiger partial charge in [0.2, 0.25) is 0 Å². The van der Waals surface area contributed by atoms with E-state index in [0.29, 0.717) is 5.56 Å². The molecule has 2 aliphatic rings. The van der Waals surface area contributed by atoms with E-state index < -0.39 is 39.1 Å². The van der Waals surface area contributed by atoms with Gasteiger partial charge in [-0.1, -0.05) is 34.8 Å². The van der Waals surface area contributed by atoms with Crippen molar-refractivity contribution < 1.29 is 22.0 Å². The number of hydrogen-bond donors (Lipinski definition) is 0. The normalized spacial score (nSPS) is 11.6. The van der Waals surface area contributed by atoms with E-state index in [4.69, 9.17) is 0 Å². The lowest BCUT2D eigenvalue weighted by molar-refractivity contribution is 0.263. The molecule has 2 heterocycles. The maximum Gasteiger partial charge on any atom is 0.258 e. The van der Waals surface area contributed by atoms with Crippen LogP contribution >= 0.6 is 0 Å². The van der Waals surface area contributed by atoms with Crippen LogP contribution in [0.25, 0.3) is 22.2 Å². The molecule has 7 heteroatoms. The molecule has 25 heavy (non-hydrogen) atoms. The Kier molecular flexibility index (Phi) is 3.45. The third-order valence-electron chi connectivity index (χ3n) is 4.09. The Hall–Kier alpha value is -2.96. The second kappa shape index (κ2) is 5.54. The third-order valence-corrected chi connectivity index (χ3v) is 4.09. The van der Waals surface area contributed by atoms with Gasteiger partial charge < -0.3 is 0 Å². The quantitative estimate of drug-likeness (QED) is 0.367. The number of rotatable bonds is 2. The van der Waals surface area contributed by atoms with E-state index in [-0.39, 0.29) is 23.3 Å². The van der Waals surface area contributed by atoms with Crippen LogP contribution in [-0.4, -0.2) is 9.77 Å². The third kappa shape index (κ3) is 2.26. The average molecular weight is 348 g/mol. The van der Waals surface area contributed by atoms with Gasteiger partial charge in [0.05, 0.1) is 27.9 Å². The number of nitrogens with zero attached hydrogens (tertiary/aromatic N) is 2. The summed E-state index contributed by atoms with van der Waals surface area (Å²) in [5.41, 5.74) is -0.544. The van der Waals surface area contributed by atoms with Crippen molar-refractivity contribution in [2.45, 2.75) is 6.42 Å². The van der Waals surface area contributed by atoms with Gasteiger partial charge in [-0.05, 0) is 17.7 Å². The summed E-state index contributed by atoms with van der Waals surface area (Å²) in [6.45, 7) is 0. The highest BCUT2D eigenvalue weighted by atomic mass is 19.2. The summed E-state index contributed by atoms with van der Waals surface area (Å²) in [6, 6.07) is 10.5. The summed E-state index contributed by atoms with van der Waals surface area (Å²) in [5, 5.41) is -0.499. The summed E-state index contributed by atoms with van der Waals surface area (Å²) in [6.07, 6.45) is -0.0987. The number of pyridine rings is 1. The largest absolute Gasteiger partial charge is 0.258 e. The van der Waals surface area contributed by atoms with E-state index in [1.807, 2.05) is 0 Å². The molecule has 2 nitrogen and oxygen atoms in total. The van der Waals surface area contributed by atoms with E-state index >= 15 is 0 Å². The van der Waals surface area contributed by atoms with Gasteiger partial charge in [-0.3, -0.25) is 0 Å². The Bertz CT molecular complexity index is 1070. The smallest absolute Gasteiger partial charge is 0.246 e. The summed E-state index contributed by atoms with van der Waals surface area (Å²) >= 11 is 0. The van der Waals surface area contributed by atoms with Crippen LogP contribution in [0.15, 0.2) is 42.5 Å². The van der Waals surface area contributed by atoms with Crippen molar-refractivity contribution in [1.29, 1.82) is 0 Å². The standard InChI is InChI=1S/C18H9F5N2/c19-10-6-7-11-13(15(10)20)14-16(21)18(22)25(23)12(17(14)24-11)8-9-4-2-1-3-5-9/h1-7H,8H2. The number of halogens is 5. The lowest BCUT2D eigenvalue weighted by atomic mass is 10.0. The highest BCUT2D eigenvalue weighted by molar-refractivity contribution is 5.98. The van der Waals surface area contributed by atoms with Crippen LogP contribution in [0.3, 0.4) is 0 Å². The molecular formula is C18H9F5N2. The molecule has 0 aliphatic carbocycles. The molecular weight excluding hydrogens is 339 g/mol. The van der Waals surface area contributed by atoms with E-state index in [1.54, 1.807) is 30.3 Å². The minimum atomic E-state index is -1.81. The van der Waals surface area contributed by atoms with Gasteiger partial charge in [-0.15, -0.1) is 0 Å². The molecule has 0 saturated carbocycles. The zero-order chi connectivity index (χ0) is 17.7. The fourth-order valence-corrected chi connectivity index (χ4v) is 2.93. The molecule has 2 aromatic carbocycles. The number of fused-ring (bicyclic) bond motifs is 3. The first kappa shape index (κ1) is 15.6. The minimum Gasteiger partial charge on any atom is -0.246 e. The van der Waals surface area contributed by atoms with Crippen molar-refractivity contribution in [3.63, 3.8) is 0 Å². The Morgan fingerprint density at radius 3 is 2.32 bits per heavy atom. The number of hydrogen-bond acceptors (Lipinski definition) is 1. The molecule has 4 rings (SSSR count). The summed E-state index contributed by atoms with van der Waals surface area (Å²) < 4.78 is 70.2. The van der Waals surface area contributed by atoms with Gasteiger partial charge in [0.1, 0.15) is 0 Å². The SMILES string of the molecule is Fc1ccc2nc3c(Cc4ccccc4)n(F)c(F)c(F)c-3c2c1F. The fraction of sp³-hybridized carbons (Fsp3) is 0.0556.